The fourth-order valence-electron chi connectivity index (χ4n) is 2.59. The minimum Gasteiger partial charge on any atom is -0.491 e. The smallest absolute Gasteiger partial charge is 0.191 e. The molecular weight excluding hydrogens is 358 g/mol. The standard InChI is InChI=1S/C21H31N3O2S/c1-5-22-21(23-14-17(3)20-7-6-12-27-20)24-15-18-9-8-16(2)13-19(18)26-11-10-25-4/h6-9,12-13,17H,5,10-11,14-15H2,1-4H3,(H2,22,23,24). The van der Waals surface area contributed by atoms with Crippen molar-refractivity contribution in [1.82, 2.24) is 10.6 Å². The second-order valence-electron chi connectivity index (χ2n) is 6.44. The minimum absolute atomic E-state index is 0.446. The lowest BCUT2D eigenvalue weighted by atomic mass is 10.1. The van der Waals surface area contributed by atoms with E-state index < -0.39 is 0 Å². The lowest BCUT2D eigenvalue weighted by molar-refractivity contribution is 0.145. The van der Waals surface area contributed by atoms with Crippen LogP contribution in [0.4, 0.5) is 0 Å². The Labute approximate surface area is 166 Å². The number of guanidine groups is 1. The Hall–Kier alpha value is -2.05. The van der Waals surface area contributed by atoms with E-state index in [0.29, 0.717) is 25.7 Å². The number of nitrogens with one attached hydrogen (secondary N) is 2. The molecule has 0 saturated carbocycles. The molecular formula is C21H31N3O2S. The van der Waals surface area contributed by atoms with Gasteiger partial charge in [0.05, 0.1) is 13.2 Å². The van der Waals surface area contributed by atoms with Gasteiger partial charge in [-0.3, -0.25) is 0 Å². The van der Waals surface area contributed by atoms with Gasteiger partial charge in [-0.25, -0.2) is 4.99 Å². The van der Waals surface area contributed by atoms with Crippen molar-refractivity contribution in [2.75, 3.05) is 33.4 Å². The third-order valence-electron chi connectivity index (χ3n) is 4.12. The fourth-order valence-corrected chi connectivity index (χ4v) is 3.38. The predicted octanol–water partition coefficient (Wildman–Crippen LogP) is 3.94. The summed E-state index contributed by atoms with van der Waals surface area (Å²) in [4.78, 5) is 6.12. The summed E-state index contributed by atoms with van der Waals surface area (Å²) >= 11 is 1.79. The number of aryl methyl sites for hydroxylation is 1. The van der Waals surface area contributed by atoms with Crippen molar-refractivity contribution in [3.05, 3.63) is 51.7 Å². The quantitative estimate of drug-likeness (QED) is 0.367. The normalized spacial score (nSPS) is 12.7. The van der Waals surface area contributed by atoms with E-state index >= 15 is 0 Å². The van der Waals surface area contributed by atoms with Gasteiger partial charge in [0.15, 0.2) is 5.96 Å². The number of hydrogen-bond donors (Lipinski definition) is 2. The van der Waals surface area contributed by atoms with Gasteiger partial charge in [0.2, 0.25) is 0 Å². The van der Waals surface area contributed by atoms with Gasteiger partial charge in [0.1, 0.15) is 12.4 Å². The van der Waals surface area contributed by atoms with E-state index in [0.717, 1.165) is 30.4 Å². The molecule has 2 N–H and O–H groups in total. The van der Waals surface area contributed by atoms with Crippen LogP contribution in [-0.4, -0.2) is 39.4 Å². The maximum absolute atomic E-state index is 5.86. The van der Waals surface area contributed by atoms with Crippen LogP contribution in [0.15, 0.2) is 40.7 Å². The van der Waals surface area contributed by atoms with E-state index in [4.69, 9.17) is 14.5 Å². The summed E-state index contributed by atoms with van der Waals surface area (Å²) in [6.45, 7) is 9.70. The van der Waals surface area contributed by atoms with Gasteiger partial charge in [-0.05, 0) is 36.9 Å². The molecule has 27 heavy (non-hydrogen) atoms. The first kappa shape index (κ1) is 21.3. The Morgan fingerprint density at radius 1 is 1.22 bits per heavy atom. The van der Waals surface area contributed by atoms with Crippen molar-refractivity contribution in [3.63, 3.8) is 0 Å². The Morgan fingerprint density at radius 2 is 2.07 bits per heavy atom. The Morgan fingerprint density at radius 3 is 2.78 bits per heavy atom. The molecule has 1 atom stereocenters. The summed E-state index contributed by atoms with van der Waals surface area (Å²) in [6, 6.07) is 10.5. The molecule has 0 amide bonds. The van der Waals surface area contributed by atoms with E-state index in [2.05, 4.69) is 67.1 Å². The summed E-state index contributed by atoms with van der Waals surface area (Å²) < 4.78 is 10.9. The topological polar surface area (TPSA) is 54.9 Å². The molecule has 1 aromatic carbocycles. The Bertz CT molecular complexity index is 701. The molecule has 0 saturated heterocycles. The largest absolute Gasteiger partial charge is 0.491 e. The van der Waals surface area contributed by atoms with Gasteiger partial charge in [0, 0.05) is 36.6 Å². The van der Waals surface area contributed by atoms with Gasteiger partial charge in [-0.15, -0.1) is 11.3 Å². The van der Waals surface area contributed by atoms with E-state index in [9.17, 15) is 0 Å². The SMILES string of the molecule is CCNC(=NCc1ccc(C)cc1OCCOC)NCC(C)c1cccs1. The Balaban J connectivity index is 2.00. The monoisotopic (exact) mass is 389 g/mol. The zero-order valence-corrected chi connectivity index (χ0v) is 17.6. The number of thiophene rings is 1. The zero-order valence-electron chi connectivity index (χ0n) is 16.7. The van der Waals surface area contributed by atoms with Gasteiger partial charge in [0.25, 0.3) is 0 Å². The molecule has 148 valence electrons. The first-order chi connectivity index (χ1) is 13.1. The highest BCUT2D eigenvalue weighted by Crippen LogP contribution is 2.22. The highest BCUT2D eigenvalue weighted by Gasteiger charge is 2.08. The van der Waals surface area contributed by atoms with Crippen molar-refractivity contribution >= 4 is 17.3 Å². The highest BCUT2D eigenvalue weighted by molar-refractivity contribution is 7.10. The van der Waals surface area contributed by atoms with Crippen LogP contribution in [0, 0.1) is 6.92 Å². The number of benzene rings is 1. The van der Waals surface area contributed by atoms with E-state index in [1.54, 1.807) is 18.4 Å². The van der Waals surface area contributed by atoms with E-state index in [1.165, 1.54) is 10.4 Å². The van der Waals surface area contributed by atoms with Crippen molar-refractivity contribution in [3.8, 4) is 5.75 Å². The minimum atomic E-state index is 0.446. The van der Waals surface area contributed by atoms with Gasteiger partial charge < -0.3 is 20.1 Å². The average Bonchev–Trinajstić information content (AvgIpc) is 3.20. The maximum Gasteiger partial charge on any atom is 0.191 e. The summed E-state index contributed by atoms with van der Waals surface area (Å²) in [5.74, 6) is 2.14. The van der Waals surface area contributed by atoms with Crippen molar-refractivity contribution in [2.45, 2.75) is 33.2 Å². The third kappa shape index (κ3) is 7.23. The van der Waals surface area contributed by atoms with Gasteiger partial charge in [-0.2, -0.15) is 0 Å². The number of aliphatic imine (C=N–C) groups is 1. The predicted molar refractivity (Wildman–Crippen MR) is 114 cm³/mol. The zero-order chi connectivity index (χ0) is 19.5. The number of methoxy groups -OCH3 is 1. The summed E-state index contributed by atoms with van der Waals surface area (Å²) in [7, 11) is 1.68. The molecule has 0 aliphatic rings. The molecule has 0 spiro atoms. The fraction of sp³-hybridized carbons (Fsp3) is 0.476. The summed E-state index contributed by atoms with van der Waals surface area (Å²) in [5.41, 5.74) is 2.24. The van der Waals surface area contributed by atoms with Crippen LogP contribution in [0.1, 0.15) is 35.8 Å². The van der Waals surface area contributed by atoms with Crippen molar-refractivity contribution in [1.29, 1.82) is 0 Å². The Kier molecular flexibility index (Phi) is 9.15. The molecule has 0 bridgehead atoms. The second kappa shape index (κ2) is 11.6. The first-order valence-electron chi connectivity index (χ1n) is 9.40. The maximum atomic E-state index is 5.86. The molecule has 0 aliphatic heterocycles. The third-order valence-corrected chi connectivity index (χ3v) is 5.23. The number of hydrogen-bond acceptors (Lipinski definition) is 4. The molecule has 2 aromatic rings. The van der Waals surface area contributed by atoms with Gasteiger partial charge >= 0.3 is 0 Å². The summed E-state index contributed by atoms with van der Waals surface area (Å²) in [5, 5.41) is 8.88. The molecule has 1 aromatic heterocycles. The van der Waals surface area contributed by atoms with Gasteiger partial charge in [-0.1, -0.05) is 25.1 Å². The molecule has 1 heterocycles. The molecule has 2 rings (SSSR count). The van der Waals surface area contributed by atoms with Crippen LogP contribution in [0.3, 0.4) is 0 Å². The number of nitrogens with zero attached hydrogens (tertiary/aromatic N) is 1. The number of rotatable bonds is 10. The molecule has 0 aliphatic carbocycles. The van der Waals surface area contributed by atoms with Crippen molar-refractivity contribution < 1.29 is 9.47 Å². The molecule has 6 heteroatoms. The lowest BCUT2D eigenvalue weighted by Gasteiger charge is -2.16. The molecule has 0 radical (unpaired) electrons. The lowest BCUT2D eigenvalue weighted by Crippen LogP contribution is -2.39. The number of ether oxygens (including phenoxy) is 2. The van der Waals surface area contributed by atoms with Crippen LogP contribution in [0.5, 0.6) is 5.75 Å². The average molecular weight is 390 g/mol. The molecule has 0 fully saturated rings. The van der Waals surface area contributed by atoms with Crippen LogP contribution >= 0.6 is 11.3 Å². The summed E-state index contributed by atoms with van der Waals surface area (Å²) in [6.07, 6.45) is 0. The molecule has 5 nitrogen and oxygen atoms in total. The highest BCUT2D eigenvalue weighted by atomic mass is 32.1. The first-order valence-corrected chi connectivity index (χ1v) is 10.3. The van der Waals surface area contributed by atoms with Crippen LogP contribution in [0.2, 0.25) is 0 Å². The van der Waals surface area contributed by atoms with Crippen LogP contribution in [0.25, 0.3) is 0 Å². The van der Waals surface area contributed by atoms with Crippen LogP contribution < -0.4 is 15.4 Å². The second-order valence-corrected chi connectivity index (χ2v) is 7.42. The molecule has 1 unspecified atom stereocenters. The van der Waals surface area contributed by atoms with Crippen LogP contribution in [-0.2, 0) is 11.3 Å². The van der Waals surface area contributed by atoms with Crippen molar-refractivity contribution in [2.24, 2.45) is 4.99 Å². The van der Waals surface area contributed by atoms with E-state index in [-0.39, 0.29) is 0 Å². The van der Waals surface area contributed by atoms with E-state index in [1.807, 2.05) is 0 Å².